The Morgan fingerprint density at radius 1 is 1.17 bits per heavy atom. The Hall–Kier alpha value is -0.470. The van der Waals surface area contributed by atoms with Crippen molar-refractivity contribution in [3.63, 3.8) is 0 Å². The van der Waals surface area contributed by atoms with Gasteiger partial charge in [0.25, 0.3) is 10.1 Å². The summed E-state index contributed by atoms with van der Waals surface area (Å²) in [5, 5.41) is 0.768. The number of aryl methyl sites for hydroxylation is 1. The molecule has 0 bridgehead atoms. The van der Waals surface area contributed by atoms with Gasteiger partial charge in [-0.3, -0.25) is 4.18 Å². The molecule has 29 heavy (non-hydrogen) atoms. The lowest BCUT2D eigenvalue weighted by atomic mass is 9.66. The molecular formula is C22H33BrO5S. The fourth-order valence-electron chi connectivity index (χ4n) is 4.43. The summed E-state index contributed by atoms with van der Waals surface area (Å²) in [5.74, 6) is 0.128. The summed E-state index contributed by atoms with van der Waals surface area (Å²) in [6, 6.07) is 6.78. The topological polar surface area (TPSA) is 61.8 Å². The van der Waals surface area contributed by atoms with E-state index in [0.29, 0.717) is 6.61 Å². The van der Waals surface area contributed by atoms with Crippen molar-refractivity contribution >= 4 is 26.0 Å². The van der Waals surface area contributed by atoms with Gasteiger partial charge in [0, 0.05) is 11.9 Å². The second-order valence-corrected chi connectivity index (χ2v) is 11.2. The molecule has 1 heterocycles. The van der Waals surface area contributed by atoms with Crippen LogP contribution in [-0.4, -0.2) is 39.9 Å². The Morgan fingerprint density at radius 2 is 1.90 bits per heavy atom. The molecule has 3 rings (SSSR count). The highest BCUT2D eigenvalue weighted by Crippen LogP contribution is 2.57. The van der Waals surface area contributed by atoms with Gasteiger partial charge in [-0.15, -0.1) is 0 Å². The molecule has 0 amide bonds. The van der Waals surface area contributed by atoms with Crippen molar-refractivity contribution in [2.45, 2.75) is 64.1 Å². The number of hydrogen-bond donors (Lipinski definition) is 0. The maximum atomic E-state index is 12.6. The molecule has 1 unspecified atom stereocenters. The molecular weight excluding hydrogens is 456 g/mol. The second kappa shape index (κ2) is 9.35. The zero-order valence-corrected chi connectivity index (χ0v) is 20.1. The highest BCUT2D eigenvalue weighted by atomic mass is 79.9. The third-order valence-corrected chi connectivity index (χ3v) is 9.52. The van der Waals surface area contributed by atoms with Crippen molar-refractivity contribution in [3.05, 3.63) is 29.8 Å². The fourth-order valence-corrected chi connectivity index (χ4v) is 6.51. The van der Waals surface area contributed by atoms with Gasteiger partial charge in [-0.2, -0.15) is 8.42 Å². The number of rotatable bonds is 8. The van der Waals surface area contributed by atoms with E-state index in [2.05, 4.69) is 29.8 Å². The summed E-state index contributed by atoms with van der Waals surface area (Å²) in [6.45, 7) is 7.95. The fraction of sp³-hybridized carbons (Fsp3) is 0.727. The SMILES string of the molecule is Cc1ccc(S(=O)(=O)OC[C@H]2CC[C@@](C)(COC3CCCCO3)[C@]2(C)CBr)cc1. The van der Waals surface area contributed by atoms with Crippen molar-refractivity contribution in [1.29, 1.82) is 0 Å². The molecule has 2 aliphatic rings. The van der Waals surface area contributed by atoms with Crippen LogP contribution in [0.2, 0.25) is 0 Å². The molecule has 0 radical (unpaired) electrons. The van der Waals surface area contributed by atoms with E-state index in [9.17, 15) is 8.42 Å². The maximum Gasteiger partial charge on any atom is 0.296 e. The van der Waals surface area contributed by atoms with E-state index in [1.807, 2.05) is 6.92 Å². The summed E-state index contributed by atoms with van der Waals surface area (Å²) >= 11 is 3.70. The molecule has 1 saturated carbocycles. The molecule has 0 aromatic heterocycles. The van der Waals surface area contributed by atoms with Crippen LogP contribution < -0.4 is 0 Å². The van der Waals surface area contributed by atoms with Crippen molar-refractivity contribution < 1.29 is 22.1 Å². The van der Waals surface area contributed by atoms with E-state index in [0.717, 1.165) is 49.6 Å². The third kappa shape index (κ3) is 5.06. The lowest BCUT2D eigenvalue weighted by molar-refractivity contribution is -0.186. The lowest BCUT2D eigenvalue weighted by Gasteiger charge is -2.44. The first-order chi connectivity index (χ1) is 13.7. The van der Waals surface area contributed by atoms with Crippen molar-refractivity contribution in [2.24, 2.45) is 16.7 Å². The van der Waals surface area contributed by atoms with Crippen LogP contribution in [0.3, 0.4) is 0 Å². The number of hydrogen-bond acceptors (Lipinski definition) is 5. The molecule has 1 saturated heterocycles. The van der Waals surface area contributed by atoms with Gasteiger partial charge < -0.3 is 9.47 Å². The average Bonchev–Trinajstić information content (AvgIpc) is 2.97. The van der Waals surface area contributed by atoms with Crippen LogP contribution in [0.25, 0.3) is 0 Å². The smallest absolute Gasteiger partial charge is 0.296 e. The molecule has 1 aromatic carbocycles. The highest BCUT2D eigenvalue weighted by molar-refractivity contribution is 9.09. The largest absolute Gasteiger partial charge is 0.353 e. The first kappa shape index (κ1) is 23.2. The number of alkyl halides is 1. The Kier molecular flexibility index (Phi) is 7.48. The van der Waals surface area contributed by atoms with E-state index >= 15 is 0 Å². The summed E-state index contributed by atoms with van der Waals surface area (Å²) in [4.78, 5) is 0.210. The van der Waals surface area contributed by atoms with E-state index in [1.165, 1.54) is 0 Å². The van der Waals surface area contributed by atoms with Gasteiger partial charge in [0.2, 0.25) is 0 Å². The van der Waals surface area contributed by atoms with Crippen LogP contribution in [0.1, 0.15) is 51.5 Å². The van der Waals surface area contributed by atoms with Crippen LogP contribution >= 0.6 is 15.9 Å². The Morgan fingerprint density at radius 3 is 2.52 bits per heavy atom. The predicted octanol–water partition coefficient (Wildman–Crippen LogP) is 5.06. The Labute approximate surface area is 183 Å². The minimum atomic E-state index is -3.76. The molecule has 1 aliphatic carbocycles. The van der Waals surface area contributed by atoms with Gasteiger partial charge in [0.15, 0.2) is 6.29 Å². The van der Waals surface area contributed by atoms with Crippen molar-refractivity contribution in [2.75, 3.05) is 25.2 Å². The van der Waals surface area contributed by atoms with Crippen LogP contribution in [0, 0.1) is 23.7 Å². The molecule has 7 heteroatoms. The first-order valence-corrected chi connectivity index (χ1v) is 13.0. The van der Waals surface area contributed by atoms with Crippen molar-refractivity contribution in [1.82, 2.24) is 0 Å². The summed E-state index contributed by atoms with van der Waals surface area (Å²) in [5.41, 5.74) is 0.813. The Balaban J connectivity index is 1.64. The molecule has 1 aliphatic heterocycles. The highest BCUT2D eigenvalue weighted by Gasteiger charge is 2.54. The van der Waals surface area contributed by atoms with E-state index < -0.39 is 10.1 Å². The van der Waals surface area contributed by atoms with Gasteiger partial charge in [0.1, 0.15) is 0 Å². The van der Waals surface area contributed by atoms with E-state index in [1.54, 1.807) is 24.3 Å². The second-order valence-electron chi connectivity index (χ2n) is 9.01. The van der Waals surface area contributed by atoms with Gasteiger partial charge in [0.05, 0.1) is 18.1 Å². The van der Waals surface area contributed by atoms with Crippen LogP contribution in [0.5, 0.6) is 0 Å². The average molecular weight is 489 g/mol. The number of ether oxygens (including phenoxy) is 2. The zero-order chi connectivity index (χ0) is 21.1. The van der Waals surface area contributed by atoms with Gasteiger partial charge in [-0.1, -0.05) is 47.5 Å². The molecule has 0 spiro atoms. The monoisotopic (exact) mass is 488 g/mol. The van der Waals surface area contributed by atoms with E-state index in [-0.39, 0.29) is 34.5 Å². The first-order valence-electron chi connectivity index (χ1n) is 10.5. The minimum absolute atomic E-state index is 0.0705. The summed E-state index contributed by atoms with van der Waals surface area (Å²) in [7, 11) is -3.76. The summed E-state index contributed by atoms with van der Waals surface area (Å²) < 4.78 is 42.6. The van der Waals surface area contributed by atoms with Crippen LogP contribution in [-0.2, 0) is 23.8 Å². The zero-order valence-electron chi connectivity index (χ0n) is 17.7. The minimum Gasteiger partial charge on any atom is -0.353 e. The third-order valence-electron chi connectivity index (χ3n) is 7.06. The molecule has 2 fully saturated rings. The Bertz CT molecular complexity index is 775. The van der Waals surface area contributed by atoms with E-state index in [4.69, 9.17) is 13.7 Å². The van der Waals surface area contributed by atoms with Crippen LogP contribution in [0.4, 0.5) is 0 Å². The van der Waals surface area contributed by atoms with Gasteiger partial charge in [-0.05, 0) is 67.9 Å². The molecule has 1 aromatic rings. The van der Waals surface area contributed by atoms with Crippen molar-refractivity contribution in [3.8, 4) is 0 Å². The standard InChI is InChI=1S/C22H33BrO5S/c1-17-7-9-19(10-8-17)29(24,25)28-14-18-11-12-21(2,22(18,3)15-23)16-27-20-6-4-5-13-26-20/h7-10,18,20H,4-6,11-16H2,1-3H3/t18-,20?,21+,22-/m1/s1. The molecule has 5 nitrogen and oxygen atoms in total. The summed E-state index contributed by atoms with van der Waals surface area (Å²) in [6.07, 6.45) is 4.97. The van der Waals surface area contributed by atoms with Gasteiger partial charge >= 0.3 is 0 Å². The normalized spacial score (nSPS) is 33.1. The van der Waals surface area contributed by atoms with Crippen LogP contribution in [0.15, 0.2) is 29.2 Å². The molecule has 164 valence electrons. The lowest BCUT2D eigenvalue weighted by Crippen LogP contribution is -2.44. The maximum absolute atomic E-state index is 12.6. The number of benzene rings is 1. The molecule has 4 atom stereocenters. The quantitative estimate of drug-likeness (QED) is 0.377. The predicted molar refractivity (Wildman–Crippen MR) is 117 cm³/mol. The van der Waals surface area contributed by atoms with Gasteiger partial charge in [-0.25, -0.2) is 0 Å². The number of halogens is 1. The molecule has 0 N–H and O–H groups in total.